The second kappa shape index (κ2) is 6.02. The summed E-state index contributed by atoms with van der Waals surface area (Å²) in [4.78, 5) is 2.45. The Hall–Kier alpha value is -0.930. The molecule has 1 heterocycles. The van der Waals surface area contributed by atoms with Gasteiger partial charge in [0.1, 0.15) is 5.75 Å². The van der Waals surface area contributed by atoms with Gasteiger partial charge in [0.15, 0.2) is 0 Å². The molecule has 0 saturated carbocycles. The van der Waals surface area contributed by atoms with Crippen LogP contribution < -0.4 is 15.0 Å². The Morgan fingerprint density at radius 2 is 2.16 bits per heavy atom. The lowest BCUT2D eigenvalue weighted by atomic mass is 9.99. The first kappa shape index (κ1) is 14.5. The number of halogens is 1. The third-order valence-corrected chi connectivity index (χ3v) is 4.23. The Labute approximate surface area is 120 Å². The third-order valence-electron chi connectivity index (χ3n) is 3.82. The zero-order valence-corrected chi connectivity index (χ0v) is 12.9. The maximum atomic E-state index is 6.19. The van der Waals surface area contributed by atoms with Crippen molar-refractivity contribution in [3.8, 4) is 5.75 Å². The van der Waals surface area contributed by atoms with Crippen LogP contribution in [-0.4, -0.2) is 32.8 Å². The highest BCUT2D eigenvalue weighted by atomic mass is 35.5. The molecule has 0 amide bonds. The average molecular weight is 283 g/mol. The number of methoxy groups -OCH3 is 1. The zero-order chi connectivity index (χ0) is 14.0. The molecule has 1 saturated heterocycles. The van der Waals surface area contributed by atoms with Crippen molar-refractivity contribution in [3.63, 3.8) is 0 Å². The number of piperazine rings is 1. The fraction of sp³-hybridized carbons (Fsp3) is 0.600. The van der Waals surface area contributed by atoms with E-state index in [4.69, 9.17) is 16.3 Å². The Morgan fingerprint density at radius 1 is 1.42 bits per heavy atom. The Balaban J connectivity index is 2.40. The van der Waals surface area contributed by atoms with Crippen molar-refractivity contribution in [2.45, 2.75) is 26.8 Å². The Bertz CT molecular complexity index is 448. The van der Waals surface area contributed by atoms with Gasteiger partial charge in [-0.2, -0.15) is 0 Å². The van der Waals surface area contributed by atoms with Gasteiger partial charge in [-0.3, -0.25) is 0 Å². The van der Waals surface area contributed by atoms with Gasteiger partial charge >= 0.3 is 0 Å². The van der Waals surface area contributed by atoms with E-state index in [1.165, 1.54) is 0 Å². The quantitative estimate of drug-likeness (QED) is 0.922. The van der Waals surface area contributed by atoms with Crippen LogP contribution in [0.5, 0.6) is 5.75 Å². The van der Waals surface area contributed by atoms with Crippen LogP contribution in [0.15, 0.2) is 12.1 Å². The Kier molecular flexibility index (Phi) is 4.58. The van der Waals surface area contributed by atoms with E-state index in [1.54, 1.807) is 7.11 Å². The number of nitrogens with one attached hydrogen (secondary N) is 1. The van der Waals surface area contributed by atoms with Crippen LogP contribution in [0.2, 0.25) is 5.02 Å². The van der Waals surface area contributed by atoms with Crippen molar-refractivity contribution < 1.29 is 4.74 Å². The maximum absolute atomic E-state index is 6.19. The lowest BCUT2D eigenvalue weighted by Gasteiger charge is -2.41. The molecule has 0 aromatic heterocycles. The van der Waals surface area contributed by atoms with Crippen molar-refractivity contribution in [1.29, 1.82) is 0 Å². The molecule has 0 radical (unpaired) electrons. The molecule has 1 N–H and O–H groups in total. The fourth-order valence-corrected chi connectivity index (χ4v) is 2.81. The number of aryl methyl sites for hydroxylation is 1. The summed E-state index contributed by atoms with van der Waals surface area (Å²) in [5.41, 5.74) is 2.25. The van der Waals surface area contributed by atoms with Crippen molar-refractivity contribution in [2.24, 2.45) is 5.92 Å². The van der Waals surface area contributed by atoms with Crippen molar-refractivity contribution in [3.05, 3.63) is 22.7 Å². The first-order valence-electron chi connectivity index (χ1n) is 6.86. The van der Waals surface area contributed by atoms with Gasteiger partial charge in [-0.25, -0.2) is 0 Å². The molecule has 1 aliphatic rings. The number of hydrogen-bond donors (Lipinski definition) is 1. The largest absolute Gasteiger partial charge is 0.495 e. The molecule has 0 bridgehead atoms. The minimum Gasteiger partial charge on any atom is -0.495 e. The van der Waals surface area contributed by atoms with E-state index in [1.807, 2.05) is 13.0 Å². The third kappa shape index (κ3) is 2.98. The van der Waals surface area contributed by atoms with E-state index < -0.39 is 0 Å². The highest BCUT2D eigenvalue weighted by Crippen LogP contribution is 2.36. The van der Waals surface area contributed by atoms with Crippen LogP contribution in [0.25, 0.3) is 0 Å². The van der Waals surface area contributed by atoms with Gasteiger partial charge in [0.05, 0.1) is 12.8 Å². The van der Waals surface area contributed by atoms with Crippen LogP contribution >= 0.6 is 11.6 Å². The predicted octanol–water partition coefficient (Wildman–Crippen LogP) is 3.09. The standard InChI is InChI=1S/C15H23ClN2O/c1-10(2)14-9-17-5-6-18(14)13-7-11(3)12(16)8-15(13)19-4/h7-8,10,14,17H,5-6,9H2,1-4H3. The highest BCUT2D eigenvalue weighted by Gasteiger charge is 2.27. The number of benzene rings is 1. The lowest BCUT2D eigenvalue weighted by molar-refractivity contribution is 0.377. The smallest absolute Gasteiger partial charge is 0.143 e. The summed E-state index contributed by atoms with van der Waals surface area (Å²) in [6.07, 6.45) is 0. The SMILES string of the molecule is COc1cc(Cl)c(C)cc1N1CCNCC1C(C)C. The van der Waals surface area contributed by atoms with Crippen LogP contribution in [0, 0.1) is 12.8 Å². The zero-order valence-electron chi connectivity index (χ0n) is 12.2. The monoisotopic (exact) mass is 282 g/mol. The number of hydrogen-bond acceptors (Lipinski definition) is 3. The van der Waals surface area contributed by atoms with Gasteiger partial charge in [-0.05, 0) is 24.5 Å². The second-order valence-electron chi connectivity index (χ2n) is 5.48. The normalized spacial score (nSPS) is 19.9. The molecule has 4 heteroatoms. The molecule has 19 heavy (non-hydrogen) atoms. The number of rotatable bonds is 3. The summed E-state index contributed by atoms with van der Waals surface area (Å²) < 4.78 is 5.52. The van der Waals surface area contributed by atoms with Crippen molar-refractivity contribution >= 4 is 17.3 Å². The molecule has 0 spiro atoms. The summed E-state index contributed by atoms with van der Waals surface area (Å²) in [6.45, 7) is 9.59. The van der Waals surface area contributed by atoms with Crippen LogP contribution in [-0.2, 0) is 0 Å². The molecule has 1 aromatic carbocycles. The predicted molar refractivity (Wildman–Crippen MR) is 81.6 cm³/mol. The number of anilines is 1. The molecule has 2 rings (SSSR count). The van der Waals surface area contributed by atoms with Gasteiger partial charge in [0, 0.05) is 36.8 Å². The first-order chi connectivity index (χ1) is 9.04. The fourth-order valence-electron chi connectivity index (χ4n) is 2.66. The Morgan fingerprint density at radius 3 is 2.79 bits per heavy atom. The van der Waals surface area contributed by atoms with Gasteiger partial charge in [-0.15, -0.1) is 0 Å². The van der Waals surface area contributed by atoms with E-state index in [0.29, 0.717) is 12.0 Å². The minimum absolute atomic E-state index is 0.489. The van der Waals surface area contributed by atoms with E-state index >= 15 is 0 Å². The summed E-state index contributed by atoms with van der Waals surface area (Å²) >= 11 is 6.19. The van der Waals surface area contributed by atoms with Gasteiger partial charge in [-0.1, -0.05) is 25.4 Å². The summed E-state index contributed by atoms with van der Waals surface area (Å²) in [7, 11) is 1.71. The van der Waals surface area contributed by atoms with E-state index in [0.717, 1.165) is 41.7 Å². The van der Waals surface area contributed by atoms with Gasteiger partial charge in [0.2, 0.25) is 0 Å². The molecule has 1 aromatic rings. The summed E-state index contributed by atoms with van der Waals surface area (Å²) in [5.74, 6) is 1.46. The lowest BCUT2D eigenvalue weighted by Crippen LogP contribution is -2.53. The van der Waals surface area contributed by atoms with Crippen molar-refractivity contribution in [1.82, 2.24) is 5.32 Å². The van der Waals surface area contributed by atoms with E-state index in [2.05, 4.69) is 30.1 Å². The molecule has 106 valence electrons. The molecule has 3 nitrogen and oxygen atoms in total. The average Bonchev–Trinajstić information content (AvgIpc) is 2.41. The second-order valence-corrected chi connectivity index (χ2v) is 5.89. The molecule has 1 fully saturated rings. The number of ether oxygens (including phenoxy) is 1. The van der Waals surface area contributed by atoms with E-state index in [-0.39, 0.29) is 0 Å². The molecular formula is C15H23ClN2O. The number of nitrogens with zero attached hydrogens (tertiary/aromatic N) is 1. The van der Waals surface area contributed by atoms with Crippen LogP contribution in [0.3, 0.4) is 0 Å². The molecule has 1 atom stereocenters. The minimum atomic E-state index is 0.489. The first-order valence-corrected chi connectivity index (χ1v) is 7.24. The molecular weight excluding hydrogens is 260 g/mol. The van der Waals surface area contributed by atoms with E-state index in [9.17, 15) is 0 Å². The van der Waals surface area contributed by atoms with Gasteiger partial charge < -0.3 is 15.0 Å². The summed E-state index contributed by atoms with van der Waals surface area (Å²) in [6, 6.07) is 4.55. The molecule has 0 aliphatic carbocycles. The van der Waals surface area contributed by atoms with Crippen LogP contribution in [0.1, 0.15) is 19.4 Å². The molecule has 1 aliphatic heterocycles. The van der Waals surface area contributed by atoms with Gasteiger partial charge in [0.25, 0.3) is 0 Å². The topological polar surface area (TPSA) is 24.5 Å². The summed E-state index contributed by atoms with van der Waals surface area (Å²) in [5, 5.41) is 4.23. The maximum Gasteiger partial charge on any atom is 0.143 e. The molecule has 1 unspecified atom stereocenters. The van der Waals surface area contributed by atoms with Crippen molar-refractivity contribution in [2.75, 3.05) is 31.6 Å². The van der Waals surface area contributed by atoms with Crippen LogP contribution in [0.4, 0.5) is 5.69 Å². The highest BCUT2D eigenvalue weighted by molar-refractivity contribution is 6.31.